The molecule has 0 saturated carbocycles. The SMILES string of the molecule is O=C1c2ccccc2C(=O)N1CC=C1CCCc2cnn(Cc3ccc4ccccc4c3)c21. The molecule has 0 atom stereocenters. The lowest BCUT2D eigenvalue weighted by Gasteiger charge is -2.19. The van der Waals surface area contributed by atoms with Crippen molar-refractivity contribution >= 4 is 28.2 Å². The van der Waals surface area contributed by atoms with Crippen LogP contribution in [0.1, 0.15) is 50.4 Å². The van der Waals surface area contributed by atoms with Crippen molar-refractivity contribution in [2.24, 2.45) is 0 Å². The molecule has 2 amide bonds. The molecule has 1 aliphatic carbocycles. The average molecular weight is 434 g/mol. The van der Waals surface area contributed by atoms with Gasteiger partial charge in [0.1, 0.15) is 0 Å². The summed E-state index contributed by atoms with van der Waals surface area (Å²) in [6.07, 6.45) is 6.96. The molecule has 0 saturated heterocycles. The van der Waals surface area contributed by atoms with Crippen molar-refractivity contribution in [2.75, 3.05) is 6.54 Å². The largest absolute Gasteiger partial charge is 0.270 e. The number of aromatic nitrogens is 2. The first-order valence-electron chi connectivity index (χ1n) is 11.4. The Bertz CT molecular complexity index is 1410. The Labute approximate surface area is 192 Å². The van der Waals surface area contributed by atoms with Crippen LogP contribution >= 0.6 is 0 Å². The summed E-state index contributed by atoms with van der Waals surface area (Å²) in [4.78, 5) is 26.8. The van der Waals surface area contributed by atoms with E-state index in [-0.39, 0.29) is 18.4 Å². The Kier molecular flexibility index (Phi) is 4.68. The molecule has 1 aromatic heterocycles. The summed E-state index contributed by atoms with van der Waals surface area (Å²) in [7, 11) is 0. The number of benzene rings is 3. The number of allylic oxidation sites excluding steroid dienone is 1. The van der Waals surface area contributed by atoms with Gasteiger partial charge in [-0.2, -0.15) is 5.10 Å². The number of nitrogens with zero attached hydrogens (tertiary/aromatic N) is 3. The van der Waals surface area contributed by atoms with Crippen molar-refractivity contribution < 1.29 is 9.59 Å². The van der Waals surface area contributed by atoms with E-state index >= 15 is 0 Å². The molecule has 5 heteroatoms. The minimum atomic E-state index is -0.215. The number of rotatable bonds is 4. The maximum Gasteiger partial charge on any atom is 0.261 e. The fourth-order valence-corrected chi connectivity index (χ4v) is 5.00. The fourth-order valence-electron chi connectivity index (χ4n) is 5.00. The lowest BCUT2D eigenvalue weighted by Crippen LogP contribution is -2.30. The van der Waals surface area contributed by atoms with E-state index in [4.69, 9.17) is 5.10 Å². The molecule has 0 radical (unpaired) electrons. The molecule has 5 nitrogen and oxygen atoms in total. The van der Waals surface area contributed by atoms with Crippen molar-refractivity contribution in [2.45, 2.75) is 25.8 Å². The highest BCUT2D eigenvalue weighted by atomic mass is 16.2. The van der Waals surface area contributed by atoms with E-state index < -0.39 is 0 Å². The van der Waals surface area contributed by atoms with Gasteiger partial charge in [-0.15, -0.1) is 0 Å². The molecule has 33 heavy (non-hydrogen) atoms. The zero-order valence-corrected chi connectivity index (χ0v) is 18.2. The number of fused-ring (bicyclic) bond motifs is 3. The summed E-state index contributed by atoms with van der Waals surface area (Å²) >= 11 is 0. The van der Waals surface area contributed by atoms with Gasteiger partial charge in [0.15, 0.2) is 0 Å². The highest BCUT2D eigenvalue weighted by Gasteiger charge is 2.34. The first-order chi connectivity index (χ1) is 16.2. The van der Waals surface area contributed by atoms with Crippen molar-refractivity contribution in [1.29, 1.82) is 0 Å². The molecule has 6 rings (SSSR count). The third kappa shape index (κ3) is 3.37. The minimum Gasteiger partial charge on any atom is -0.270 e. The molecule has 162 valence electrons. The van der Waals surface area contributed by atoms with Gasteiger partial charge in [0.2, 0.25) is 0 Å². The highest BCUT2D eigenvalue weighted by molar-refractivity contribution is 6.21. The highest BCUT2D eigenvalue weighted by Crippen LogP contribution is 2.32. The third-order valence-corrected chi connectivity index (χ3v) is 6.66. The smallest absolute Gasteiger partial charge is 0.261 e. The summed E-state index contributed by atoms with van der Waals surface area (Å²) in [5.41, 5.74) is 5.70. The minimum absolute atomic E-state index is 0.215. The second-order valence-corrected chi connectivity index (χ2v) is 8.71. The Morgan fingerprint density at radius 1 is 0.848 bits per heavy atom. The molecule has 0 fully saturated rings. The molecule has 0 unspecified atom stereocenters. The number of carbonyl (C=O) groups is 2. The van der Waals surface area contributed by atoms with E-state index in [1.165, 1.54) is 26.8 Å². The van der Waals surface area contributed by atoms with E-state index in [2.05, 4.69) is 47.1 Å². The van der Waals surface area contributed by atoms with Gasteiger partial charge in [0.25, 0.3) is 11.8 Å². The van der Waals surface area contributed by atoms with Crippen LogP contribution < -0.4 is 0 Å². The maximum absolute atomic E-state index is 12.7. The molecule has 0 bridgehead atoms. The van der Waals surface area contributed by atoms with Crippen LogP contribution in [0.25, 0.3) is 16.3 Å². The van der Waals surface area contributed by atoms with Crippen molar-refractivity contribution in [1.82, 2.24) is 14.7 Å². The maximum atomic E-state index is 12.7. The number of hydrogen-bond donors (Lipinski definition) is 0. The van der Waals surface area contributed by atoms with E-state index in [1.807, 2.05) is 12.3 Å². The Morgan fingerprint density at radius 2 is 1.58 bits per heavy atom. The molecule has 1 aliphatic heterocycles. The average Bonchev–Trinajstić information content (AvgIpc) is 3.37. The summed E-state index contributed by atoms with van der Waals surface area (Å²) < 4.78 is 2.06. The van der Waals surface area contributed by atoms with Crippen LogP contribution in [0, 0.1) is 0 Å². The predicted molar refractivity (Wildman–Crippen MR) is 128 cm³/mol. The van der Waals surface area contributed by atoms with E-state index in [0.29, 0.717) is 17.7 Å². The molecule has 0 N–H and O–H groups in total. The van der Waals surface area contributed by atoms with Gasteiger partial charge in [0.05, 0.1) is 29.6 Å². The van der Waals surface area contributed by atoms with Gasteiger partial charge in [-0.25, -0.2) is 0 Å². The standard InChI is InChI=1S/C28H23N3O2/c32-27-24-10-3-4-11-25(24)28(33)30(27)15-14-21-8-5-9-23-17-29-31(26(21)23)18-19-12-13-20-6-1-2-7-22(20)16-19/h1-4,6-7,10-14,16-17H,5,8-9,15,18H2. The van der Waals surface area contributed by atoms with Gasteiger partial charge in [-0.1, -0.05) is 54.6 Å². The quantitative estimate of drug-likeness (QED) is 0.421. The molecular weight excluding hydrogens is 410 g/mol. The number of carbonyl (C=O) groups excluding carboxylic acids is 2. The van der Waals surface area contributed by atoms with E-state index in [1.54, 1.807) is 24.3 Å². The van der Waals surface area contributed by atoms with Crippen LogP contribution in [-0.2, 0) is 13.0 Å². The van der Waals surface area contributed by atoms with Gasteiger partial charge in [-0.3, -0.25) is 19.2 Å². The Morgan fingerprint density at radius 3 is 2.36 bits per heavy atom. The van der Waals surface area contributed by atoms with Gasteiger partial charge < -0.3 is 0 Å². The third-order valence-electron chi connectivity index (χ3n) is 6.66. The zero-order valence-electron chi connectivity index (χ0n) is 18.2. The number of hydrogen-bond acceptors (Lipinski definition) is 3. The lowest BCUT2D eigenvalue weighted by molar-refractivity contribution is 0.0672. The topological polar surface area (TPSA) is 55.2 Å². The van der Waals surface area contributed by atoms with Crippen LogP contribution in [0.2, 0.25) is 0 Å². The molecule has 0 spiro atoms. The number of amides is 2. The molecule has 2 aliphatic rings. The Balaban J connectivity index is 1.29. The number of imide groups is 1. The summed E-state index contributed by atoms with van der Waals surface area (Å²) in [6.45, 7) is 0.965. The van der Waals surface area contributed by atoms with Gasteiger partial charge in [-0.05, 0) is 64.9 Å². The Hall–Kier alpha value is -3.99. The molecule has 4 aromatic rings. The first-order valence-corrected chi connectivity index (χ1v) is 11.4. The summed E-state index contributed by atoms with van der Waals surface area (Å²) in [5.74, 6) is -0.429. The van der Waals surface area contributed by atoms with Gasteiger partial charge in [0, 0.05) is 6.54 Å². The van der Waals surface area contributed by atoms with Crippen LogP contribution in [0.3, 0.4) is 0 Å². The van der Waals surface area contributed by atoms with E-state index in [0.717, 1.165) is 30.5 Å². The van der Waals surface area contributed by atoms with Crippen LogP contribution in [-0.4, -0.2) is 33.0 Å². The van der Waals surface area contributed by atoms with Crippen molar-refractivity contribution in [3.63, 3.8) is 0 Å². The summed E-state index contributed by atoms with van der Waals surface area (Å²) in [5, 5.41) is 7.14. The molecule has 3 aromatic carbocycles. The molecule has 2 heterocycles. The second kappa shape index (κ2) is 7.85. The van der Waals surface area contributed by atoms with Crippen LogP contribution in [0.4, 0.5) is 0 Å². The lowest BCUT2D eigenvalue weighted by atomic mass is 9.92. The van der Waals surface area contributed by atoms with E-state index in [9.17, 15) is 9.59 Å². The molecular formula is C28H23N3O2. The second-order valence-electron chi connectivity index (χ2n) is 8.71. The van der Waals surface area contributed by atoms with Gasteiger partial charge >= 0.3 is 0 Å². The van der Waals surface area contributed by atoms with Crippen LogP contribution in [0.5, 0.6) is 0 Å². The predicted octanol–water partition coefficient (Wildman–Crippen LogP) is 5.10. The monoisotopic (exact) mass is 433 g/mol. The fraction of sp³-hybridized carbons (Fsp3) is 0.179. The van der Waals surface area contributed by atoms with Crippen molar-refractivity contribution in [3.8, 4) is 0 Å². The normalized spacial score (nSPS) is 16.5. The van der Waals surface area contributed by atoms with Crippen LogP contribution in [0.15, 0.2) is 79.0 Å². The number of aryl methyl sites for hydroxylation is 1. The zero-order chi connectivity index (χ0) is 22.4. The summed E-state index contributed by atoms with van der Waals surface area (Å²) in [6, 6.07) is 21.9. The first kappa shape index (κ1) is 19.7. The van der Waals surface area contributed by atoms with Crippen molar-refractivity contribution in [3.05, 3.63) is 107 Å².